The topological polar surface area (TPSA) is 74.7 Å². The second-order valence-corrected chi connectivity index (χ2v) is 9.44. The number of amides is 1. The molecule has 0 unspecified atom stereocenters. The van der Waals surface area contributed by atoms with E-state index < -0.39 is 5.60 Å². The van der Waals surface area contributed by atoms with E-state index in [1.807, 2.05) is 84.6 Å². The number of nitrogens with zero attached hydrogens (tertiary/aromatic N) is 2. The van der Waals surface area contributed by atoms with Gasteiger partial charge in [-0.25, -0.2) is 0 Å². The molecule has 4 aromatic rings. The molecule has 1 fully saturated rings. The van der Waals surface area contributed by atoms with Gasteiger partial charge in [-0.1, -0.05) is 23.7 Å². The summed E-state index contributed by atoms with van der Waals surface area (Å²) in [7, 11) is 0. The minimum Gasteiger partial charge on any atom is -0.494 e. The van der Waals surface area contributed by atoms with Crippen LogP contribution in [0.4, 0.5) is 11.4 Å². The van der Waals surface area contributed by atoms with Gasteiger partial charge in [-0.15, -0.1) is 0 Å². The van der Waals surface area contributed by atoms with Crippen LogP contribution in [-0.4, -0.2) is 40.6 Å². The highest BCUT2D eigenvalue weighted by molar-refractivity contribution is 6.31. The molecule has 1 aliphatic heterocycles. The van der Waals surface area contributed by atoms with E-state index in [1.54, 1.807) is 6.20 Å². The highest BCUT2D eigenvalue weighted by Crippen LogP contribution is 2.34. The standard InChI is InChI=1S/C29H28ClN3O3/c1-2-36-24-10-5-21(6-11-24)29(35)14-17-33(18-15-29)28(34)20-3-8-23(9-4-20)32-26-13-16-31-27-19-22(30)7-12-25(26)27/h3-13,16,19,35H,2,14-15,17-18H2,1H3,(H,31,32). The van der Waals surface area contributed by atoms with Crippen LogP contribution in [0.25, 0.3) is 10.9 Å². The van der Waals surface area contributed by atoms with Gasteiger partial charge in [0.05, 0.1) is 17.7 Å². The van der Waals surface area contributed by atoms with Crippen molar-refractivity contribution in [2.45, 2.75) is 25.4 Å². The number of ether oxygens (including phenoxy) is 1. The minimum absolute atomic E-state index is 0.0284. The molecule has 2 heterocycles. The summed E-state index contributed by atoms with van der Waals surface area (Å²) in [4.78, 5) is 19.3. The third-order valence-corrected chi connectivity index (χ3v) is 6.93. The maximum atomic E-state index is 13.1. The molecule has 1 aromatic heterocycles. The van der Waals surface area contributed by atoms with Crippen molar-refractivity contribution < 1.29 is 14.6 Å². The number of hydrogen-bond acceptors (Lipinski definition) is 5. The average molecular weight is 502 g/mol. The Morgan fingerprint density at radius 1 is 1.06 bits per heavy atom. The minimum atomic E-state index is -0.938. The number of carbonyl (C=O) groups is 1. The lowest BCUT2D eigenvalue weighted by Gasteiger charge is -2.38. The molecule has 0 aliphatic carbocycles. The molecule has 0 radical (unpaired) electrons. The second-order valence-electron chi connectivity index (χ2n) is 9.00. The maximum Gasteiger partial charge on any atom is 0.253 e. The normalized spacial score (nSPS) is 15.0. The predicted molar refractivity (Wildman–Crippen MR) is 143 cm³/mol. The van der Waals surface area contributed by atoms with E-state index in [4.69, 9.17) is 16.3 Å². The number of benzene rings is 3. The van der Waals surface area contributed by atoms with Crippen molar-refractivity contribution in [2.24, 2.45) is 0 Å². The van der Waals surface area contributed by atoms with Crippen LogP contribution >= 0.6 is 11.6 Å². The predicted octanol–water partition coefficient (Wildman–Crippen LogP) is 6.15. The van der Waals surface area contributed by atoms with E-state index in [0.717, 1.165) is 33.6 Å². The van der Waals surface area contributed by atoms with Crippen molar-refractivity contribution in [1.29, 1.82) is 0 Å². The van der Waals surface area contributed by atoms with Gasteiger partial charge in [-0.2, -0.15) is 0 Å². The Morgan fingerprint density at radius 3 is 2.47 bits per heavy atom. The van der Waals surface area contributed by atoms with Crippen LogP contribution in [0.15, 0.2) is 79.0 Å². The van der Waals surface area contributed by atoms with Crippen LogP contribution in [0.2, 0.25) is 5.02 Å². The first-order chi connectivity index (χ1) is 17.4. The summed E-state index contributed by atoms with van der Waals surface area (Å²) in [5.74, 6) is 0.760. The molecule has 1 saturated heterocycles. The number of anilines is 2. The lowest BCUT2D eigenvalue weighted by atomic mass is 9.84. The molecule has 6 nitrogen and oxygen atoms in total. The Balaban J connectivity index is 1.23. The molecule has 2 N–H and O–H groups in total. The fraction of sp³-hybridized carbons (Fsp3) is 0.241. The molecule has 3 aromatic carbocycles. The fourth-order valence-corrected chi connectivity index (χ4v) is 4.83. The van der Waals surface area contributed by atoms with Crippen molar-refractivity contribution in [3.63, 3.8) is 0 Å². The van der Waals surface area contributed by atoms with Gasteiger partial charge in [0.25, 0.3) is 5.91 Å². The van der Waals surface area contributed by atoms with Gasteiger partial charge >= 0.3 is 0 Å². The molecule has 184 valence electrons. The Hall–Kier alpha value is -3.61. The SMILES string of the molecule is CCOc1ccc(C2(O)CCN(C(=O)c3ccc(Nc4ccnc5cc(Cl)ccc45)cc3)CC2)cc1. The van der Waals surface area contributed by atoms with Gasteiger partial charge in [-0.3, -0.25) is 9.78 Å². The van der Waals surface area contributed by atoms with E-state index in [-0.39, 0.29) is 5.91 Å². The third-order valence-electron chi connectivity index (χ3n) is 6.70. The monoisotopic (exact) mass is 501 g/mol. The van der Waals surface area contributed by atoms with Crippen LogP contribution in [-0.2, 0) is 5.60 Å². The second kappa shape index (κ2) is 10.2. The summed E-state index contributed by atoms with van der Waals surface area (Å²) in [6, 6.07) is 22.6. The number of fused-ring (bicyclic) bond motifs is 1. The van der Waals surface area contributed by atoms with Crippen LogP contribution in [0.1, 0.15) is 35.7 Å². The number of halogens is 1. The zero-order valence-corrected chi connectivity index (χ0v) is 20.8. The van der Waals surface area contributed by atoms with Crippen LogP contribution in [0.3, 0.4) is 0 Å². The number of aromatic nitrogens is 1. The fourth-order valence-electron chi connectivity index (χ4n) is 4.66. The third kappa shape index (κ3) is 5.01. The van der Waals surface area contributed by atoms with Gasteiger partial charge in [0.15, 0.2) is 0 Å². The van der Waals surface area contributed by atoms with Crippen molar-refractivity contribution in [3.8, 4) is 5.75 Å². The van der Waals surface area contributed by atoms with Crippen molar-refractivity contribution in [3.05, 3.63) is 95.1 Å². The molecule has 1 aliphatic rings. The number of aliphatic hydroxyl groups is 1. The lowest BCUT2D eigenvalue weighted by Crippen LogP contribution is -2.45. The summed E-state index contributed by atoms with van der Waals surface area (Å²) >= 11 is 6.09. The molecular formula is C29H28ClN3O3. The zero-order chi connectivity index (χ0) is 25.1. The van der Waals surface area contributed by atoms with Crippen LogP contribution in [0.5, 0.6) is 5.75 Å². The quantitative estimate of drug-likeness (QED) is 0.331. The number of hydrogen-bond donors (Lipinski definition) is 2. The molecular weight excluding hydrogens is 474 g/mol. The Morgan fingerprint density at radius 2 is 1.78 bits per heavy atom. The molecule has 0 atom stereocenters. The zero-order valence-electron chi connectivity index (χ0n) is 20.1. The molecule has 1 amide bonds. The van der Waals surface area contributed by atoms with Gasteiger partial charge < -0.3 is 20.1 Å². The smallest absolute Gasteiger partial charge is 0.253 e. The van der Waals surface area contributed by atoms with Crippen LogP contribution in [0, 0.1) is 0 Å². The molecule has 0 saturated carbocycles. The molecule has 0 spiro atoms. The van der Waals surface area contributed by atoms with Crippen LogP contribution < -0.4 is 10.1 Å². The molecule has 7 heteroatoms. The number of piperidine rings is 1. The number of likely N-dealkylation sites (tertiary alicyclic amines) is 1. The summed E-state index contributed by atoms with van der Waals surface area (Å²) in [5.41, 5.74) is 3.15. The lowest BCUT2D eigenvalue weighted by molar-refractivity contribution is -0.0211. The van der Waals surface area contributed by atoms with Gasteiger partial charge in [-0.05, 0) is 86.0 Å². The average Bonchev–Trinajstić information content (AvgIpc) is 2.90. The number of carbonyl (C=O) groups excluding carboxylic acids is 1. The summed E-state index contributed by atoms with van der Waals surface area (Å²) in [6.45, 7) is 3.54. The Kier molecular flexibility index (Phi) is 6.81. The highest BCUT2D eigenvalue weighted by atomic mass is 35.5. The first-order valence-electron chi connectivity index (χ1n) is 12.1. The Bertz CT molecular complexity index is 1370. The number of pyridine rings is 1. The Labute approximate surface area is 215 Å². The summed E-state index contributed by atoms with van der Waals surface area (Å²) in [6.07, 6.45) is 2.72. The molecule has 36 heavy (non-hydrogen) atoms. The summed E-state index contributed by atoms with van der Waals surface area (Å²) < 4.78 is 5.50. The van der Waals surface area contributed by atoms with Gasteiger partial charge in [0.2, 0.25) is 0 Å². The van der Waals surface area contributed by atoms with E-state index in [9.17, 15) is 9.90 Å². The van der Waals surface area contributed by atoms with Crippen molar-refractivity contribution in [1.82, 2.24) is 9.88 Å². The highest BCUT2D eigenvalue weighted by Gasteiger charge is 2.35. The van der Waals surface area contributed by atoms with E-state index in [2.05, 4.69) is 10.3 Å². The summed E-state index contributed by atoms with van der Waals surface area (Å²) in [5, 5.41) is 16.2. The first kappa shape index (κ1) is 24.1. The maximum absolute atomic E-state index is 13.1. The van der Waals surface area contributed by atoms with Crippen molar-refractivity contribution >= 4 is 39.8 Å². The van der Waals surface area contributed by atoms with Crippen molar-refractivity contribution in [2.75, 3.05) is 25.0 Å². The molecule has 5 rings (SSSR count). The first-order valence-corrected chi connectivity index (χ1v) is 12.5. The number of rotatable bonds is 6. The van der Waals surface area contributed by atoms with E-state index in [0.29, 0.717) is 43.1 Å². The van der Waals surface area contributed by atoms with E-state index in [1.165, 1.54) is 0 Å². The largest absolute Gasteiger partial charge is 0.494 e. The van der Waals surface area contributed by atoms with Gasteiger partial charge in [0.1, 0.15) is 5.75 Å². The molecule has 0 bridgehead atoms. The van der Waals surface area contributed by atoms with E-state index >= 15 is 0 Å². The van der Waals surface area contributed by atoms with Gasteiger partial charge in [0, 0.05) is 46.6 Å². The number of nitrogens with one attached hydrogen (secondary N) is 1.